The van der Waals surface area contributed by atoms with Crippen LogP contribution in [0.3, 0.4) is 0 Å². The summed E-state index contributed by atoms with van der Waals surface area (Å²) in [7, 11) is 3.89. The molecule has 126 valence electrons. The Labute approximate surface area is 142 Å². The van der Waals surface area contributed by atoms with E-state index in [9.17, 15) is 9.59 Å². The van der Waals surface area contributed by atoms with Crippen molar-refractivity contribution < 1.29 is 9.59 Å². The number of hydrogen-bond acceptors (Lipinski definition) is 4. The molecule has 0 aliphatic rings. The van der Waals surface area contributed by atoms with E-state index >= 15 is 0 Å². The van der Waals surface area contributed by atoms with Gasteiger partial charge in [-0.2, -0.15) is 0 Å². The number of aromatic nitrogens is 1. The average molecular weight is 326 g/mol. The van der Waals surface area contributed by atoms with Crippen LogP contribution < -0.4 is 15.1 Å². The quantitative estimate of drug-likeness (QED) is 0.879. The minimum atomic E-state index is -0.229. The number of nitrogens with one attached hydrogen (secondary N) is 1. The predicted molar refractivity (Wildman–Crippen MR) is 94.9 cm³/mol. The average Bonchev–Trinajstić information content (AvgIpc) is 2.58. The lowest BCUT2D eigenvalue weighted by Gasteiger charge is -2.22. The van der Waals surface area contributed by atoms with Crippen molar-refractivity contribution >= 4 is 23.2 Å². The zero-order valence-electron chi connectivity index (χ0n) is 14.2. The lowest BCUT2D eigenvalue weighted by Crippen LogP contribution is -2.39. The lowest BCUT2D eigenvalue weighted by atomic mass is 10.2. The SMILES string of the molecule is CC(=O)N(CC(=O)NCc1ccccn1)c1ccc(N(C)C)cc1. The highest BCUT2D eigenvalue weighted by molar-refractivity contribution is 5.97. The standard InChI is InChI=1S/C18H22N4O2/c1-14(23)22(17-9-7-16(8-10-17)21(2)3)13-18(24)20-12-15-6-4-5-11-19-15/h4-11H,12-13H2,1-3H3,(H,20,24). The van der Waals surface area contributed by atoms with Crippen LogP contribution in [0.15, 0.2) is 48.7 Å². The van der Waals surface area contributed by atoms with Gasteiger partial charge in [-0.25, -0.2) is 0 Å². The maximum absolute atomic E-state index is 12.1. The molecular formula is C18H22N4O2. The number of pyridine rings is 1. The Balaban J connectivity index is 2.00. The molecule has 1 aromatic carbocycles. The van der Waals surface area contributed by atoms with Crippen molar-refractivity contribution in [2.75, 3.05) is 30.4 Å². The molecule has 1 aromatic heterocycles. The number of benzene rings is 1. The maximum atomic E-state index is 12.1. The maximum Gasteiger partial charge on any atom is 0.240 e. The highest BCUT2D eigenvalue weighted by atomic mass is 16.2. The highest BCUT2D eigenvalue weighted by Gasteiger charge is 2.15. The summed E-state index contributed by atoms with van der Waals surface area (Å²) in [5.41, 5.74) is 2.50. The molecule has 24 heavy (non-hydrogen) atoms. The van der Waals surface area contributed by atoms with Crippen LogP contribution in [0.25, 0.3) is 0 Å². The molecule has 1 N–H and O–H groups in total. The van der Waals surface area contributed by atoms with Gasteiger partial charge >= 0.3 is 0 Å². The third kappa shape index (κ3) is 4.81. The van der Waals surface area contributed by atoms with Gasteiger partial charge in [-0.05, 0) is 36.4 Å². The van der Waals surface area contributed by atoms with E-state index in [1.165, 1.54) is 11.8 Å². The Morgan fingerprint density at radius 2 is 1.71 bits per heavy atom. The Hall–Kier alpha value is -2.89. The van der Waals surface area contributed by atoms with Crippen LogP contribution in [0.5, 0.6) is 0 Å². The van der Waals surface area contributed by atoms with E-state index in [4.69, 9.17) is 0 Å². The third-order valence-electron chi connectivity index (χ3n) is 3.55. The van der Waals surface area contributed by atoms with E-state index in [-0.39, 0.29) is 18.4 Å². The lowest BCUT2D eigenvalue weighted by molar-refractivity contribution is -0.123. The Morgan fingerprint density at radius 1 is 1.04 bits per heavy atom. The predicted octanol–water partition coefficient (Wildman–Crippen LogP) is 1.82. The third-order valence-corrected chi connectivity index (χ3v) is 3.55. The van der Waals surface area contributed by atoms with Gasteiger partial charge in [-0.15, -0.1) is 0 Å². The highest BCUT2D eigenvalue weighted by Crippen LogP contribution is 2.19. The fourth-order valence-corrected chi connectivity index (χ4v) is 2.21. The van der Waals surface area contributed by atoms with Crippen molar-refractivity contribution in [3.63, 3.8) is 0 Å². The minimum Gasteiger partial charge on any atom is -0.378 e. The van der Waals surface area contributed by atoms with Crippen LogP contribution in [0.2, 0.25) is 0 Å². The zero-order chi connectivity index (χ0) is 17.5. The van der Waals surface area contributed by atoms with Crippen LogP contribution >= 0.6 is 0 Å². The number of carbonyl (C=O) groups is 2. The van der Waals surface area contributed by atoms with Gasteiger partial charge in [0.1, 0.15) is 6.54 Å². The molecule has 0 atom stereocenters. The molecule has 2 aromatic rings. The molecule has 6 nitrogen and oxygen atoms in total. The Kier molecular flexibility index (Phi) is 5.89. The summed E-state index contributed by atoms with van der Waals surface area (Å²) in [4.78, 5) is 31.6. The van der Waals surface area contributed by atoms with Gasteiger partial charge in [-0.1, -0.05) is 6.07 Å². The summed E-state index contributed by atoms with van der Waals surface area (Å²) in [6.45, 7) is 1.76. The van der Waals surface area contributed by atoms with E-state index in [0.717, 1.165) is 11.4 Å². The summed E-state index contributed by atoms with van der Waals surface area (Å²) < 4.78 is 0. The molecule has 0 saturated carbocycles. The van der Waals surface area contributed by atoms with Crippen LogP contribution in [0.4, 0.5) is 11.4 Å². The van der Waals surface area contributed by atoms with Crippen LogP contribution in [0, 0.1) is 0 Å². The molecule has 0 radical (unpaired) electrons. The first-order valence-electron chi connectivity index (χ1n) is 7.69. The first kappa shape index (κ1) is 17.5. The molecule has 0 aliphatic carbocycles. The second kappa shape index (κ2) is 8.10. The molecule has 0 spiro atoms. The van der Waals surface area contributed by atoms with Crippen molar-refractivity contribution in [3.8, 4) is 0 Å². The summed E-state index contributed by atoms with van der Waals surface area (Å²) >= 11 is 0. The van der Waals surface area contributed by atoms with Gasteiger partial charge in [0.15, 0.2) is 0 Å². The van der Waals surface area contributed by atoms with E-state index in [1.807, 2.05) is 61.5 Å². The molecule has 0 aliphatic heterocycles. The first-order chi connectivity index (χ1) is 11.5. The second-order valence-corrected chi connectivity index (χ2v) is 5.61. The van der Waals surface area contributed by atoms with E-state index < -0.39 is 0 Å². The normalized spacial score (nSPS) is 10.1. The largest absolute Gasteiger partial charge is 0.378 e. The molecule has 6 heteroatoms. The number of anilines is 2. The van der Waals surface area contributed by atoms with Gasteiger partial charge in [0, 0.05) is 38.6 Å². The minimum absolute atomic E-state index is 0.0243. The molecule has 0 bridgehead atoms. The Morgan fingerprint density at radius 3 is 2.25 bits per heavy atom. The number of amides is 2. The Bertz CT molecular complexity index is 684. The van der Waals surface area contributed by atoms with E-state index in [0.29, 0.717) is 12.2 Å². The number of rotatable bonds is 6. The van der Waals surface area contributed by atoms with E-state index in [2.05, 4.69) is 10.3 Å². The topological polar surface area (TPSA) is 65.5 Å². The molecular weight excluding hydrogens is 304 g/mol. The van der Waals surface area contributed by atoms with Gasteiger partial charge in [-0.3, -0.25) is 14.6 Å². The van der Waals surface area contributed by atoms with Crippen LogP contribution in [-0.4, -0.2) is 37.4 Å². The summed E-state index contributed by atoms with van der Waals surface area (Å²) in [6, 6.07) is 13.0. The molecule has 2 rings (SSSR count). The van der Waals surface area contributed by atoms with Crippen LogP contribution in [0.1, 0.15) is 12.6 Å². The molecule has 0 unspecified atom stereocenters. The number of carbonyl (C=O) groups excluding carboxylic acids is 2. The van der Waals surface area contributed by atoms with Crippen molar-refractivity contribution in [1.82, 2.24) is 10.3 Å². The van der Waals surface area contributed by atoms with Crippen molar-refractivity contribution in [2.45, 2.75) is 13.5 Å². The summed E-state index contributed by atoms with van der Waals surface area (Å²) in [6.07, 6.45) is 1.68. The number of hydrogen-bond donors (Lipinski definition) is 1. The number of nitrogens with zero attached hydrogens (tertiary/aromatic N) is 3. The summed E-state index contributed by atoms with van der Waals surface area (Å²) in [5.74, 6) is -0.409. The van der Waals surface area contributed by atoms with Gasteiger partial charge in [0.25, 0.3) is 0 Å². The molecule has 2 amide bonds. The van der Waals surface area contributed by atoms with Crippen LogP contribution in [-0.2, 0) is 16.1 Å². The summed E-state index contributed by atoms with van der Waals surface area (Å²) in [5, 5.41) is 2.78. The van der Waals surface area contributed by atoms with Gasteiger partial charge in [0.05, 0.1) is 12.2 Å². The fraction of sp³-hybridized carbons (Fsp3) is 0.278. The first-order valence-corrected chi connectivity index (χ1v) is 7.69. The molecule has 1 heterocycles. The zero-order valence-corrected chi connectivity index (χ0v) is 14.2. The second-order valence-electron chi connectivity index (χ2n) is 5.61. The van der Waals surface area contributed by atoms with E-state index in [1.54, 1.807) is 6.20 Å². The van der Waals surface area contributed by atoms with Gasteiger partial charge in [0.2, 0.25) is 11.8 Å². The smallest absolute Gasteiger partial charge is 0.240 e. The van der Waals surface area contributed by atoms with Gasteiger partial charge < -0.3 is 15.1 Å². The molecule has 0 fully saturated rings. The molecule has 0 saturated heterocycles. The monoisotopic (exact) mass is 326 g/mol. The van der Waals surface area contributed by atoms with Crippen molar-refractivity contribution in [1.29, 1.82) is 0 Å². The van der Waals surface area contributed by atoms with Crippen molar-refractivity contribution in [3.05, 3.63) is 54.4 Å². The fourth-order valence-electron chi connectivity index (χ4n) is 2.21. The van der Waals surface area contributed by atoms with Crippen molar-refractivity contribution in [2.24, 2.45) is 0 Å².